The van der Waals surface area contributed by atoms with Gasteiger partial charge in [0.15, 0.2) is 5.21 Å². The van der Waals surface area contributed by atoms with Crippen LogP contribution in [0.1, 0.15) is 16.2 Å². The molecule has 1 aromatic heterocycles. The highest BCUT2D eigenvalue weighted by Gasteiger charge is 2.32. The topological polar surface area (TPSA) is 107 Å². The number of morpholine rings is 1. The van der Waals surface area contributed by atoms with Crippen molar-refractivity contribution in [2.45, 2.75) is 6.54 Å². The zero-order chi connectivity index (χ0) is 16.2. The molecule has 1 aromatic carbocycles. The first-order valence-electron chi connectivity index (χ1n) is 7.24. The van der Waals surface area contributed by atoms with Gasteiger partial charge < -0.3 is 15.4 Å². The molecule has 0 spiro atoms. The number of aromatic nitrogens is 4. The Kier molecular flexibility index (Phi) is 4.40. The SMILES string of the molecule is NCc1cccc(-[n+]2nnn(C(=O)N3CCOCC3)c2C=O)c1. The molecule has 9 nitrogen and oxygen atoms in total. The summed E-state index contributed by atoms with van der Waals surface area (Å²) in [6.45, 7) is 2.22. The lowest BCUT2D eigenvalue weighted by molar-refractivity contribution is -0.662. The summed E-state index contributed by atoms with van der Waals surface area (Å²) in [6, 6.07) is 6.85. The summed E-state index contributed by atoms with van der Waals surface area (Å²) in [7, 11) is 0. The maximum absolute atomic E-state index is 12.5. The summed E-state index contributed by atoms with van der Waals surface area (Å²) in [4.78, 5) is 25.5. The second kappa shape index (κ2) is 6.63. The molecular formula is C14H17N6O3+. The fourth-order valence-corrected chi connectivity index (χ4v) is 2.39. The Morgan fingerprint density at radius 3 is 2.87 bits per heavy atom. The summed E-state index contributed by atoms with van der Waals surface area (Å²) in [5.74, 6) is 0.0515. The molecule has 1 amide bonds. The molecule has 120 valence electrons. The summed E-state index contributed by atoms with van der Waals surface area (Å²) in [5.41, 5.74) is 7.14. The number of carbonyl (C=O) groups is 2. The molecule has 1 fully saturated rings. The van der Waals surface area contributed by atoms with Gasteiger partial charge in [-0.15, -0.1) is 0 Å². The minimum Gasteiger partial charge on any atom is -0.378 e. The molecule has 0 radical (unpaired) electrons. The van der Waals surface area contributed by atoms with E-state index in [0.29, 0.717) is 44.8 Å². The van der Waals surface area contributed by atoms with Crippen LogP contribution in [0.15, 0.2) is 24.3 Å². The van der Waals surface area contributed by atoms with Crippen molar-refractivity contribution in [1.82, 2.24) is 20.0 Å². The fourth-order valence-electron chi connectivity index (χ4n) is 2.39. The van der Waals surface area contributed by atoms with Gasteiger partial charge in [0, 0.05) is 24.3 Å². The number of nitrogens with two attached hydrogens (primary N) is 1. The number of hydrogen-bond acceptors (Lipinski definition) is 6. The van der Waals surface area contributed by atoms with E-state index in [0.717, 1.165) is 10.2 Å². The van der Waals surface area contributed by atoms with Crippen molar-refractivity contribution in [1.29, 1.82) is 0 Å². The molecule has 1 saturated heterocycles. The normalized spacial score (nSPS) is 14.7. The van der Waals surface area contributed by atoms with Crippen LogP contribution in [0.2, 0.25) is 0 Å². The Balaban J connectivity index is 1.96. The third-order valence-electron chi connectivity index (χ3n) is 3.61. The molecule has 2 aromatic rings. The fraction of sp³-hybridized carbons (Fsp3) is 0.357. The van der Waals surface area contributed by atoms with Crippen LogP contribution in [0.4, 0.5) is 4.79 Å². The smallest absolute Gasteiger partial charge is 0.378 e. The number of amides is 1. The third kappa shape index (κ3) is 2.96. The zero-order valence-electron chi connectivity index (χ0n) is 12.5. The van der Waals surface area contributed by atoms with Gasteiger partial charge in [-0.3, -0.25) is 4.79 Å². The molecule has 23 heavy (non-hydrogen) atoms. The number of rotatable bonds is 3. The standard InChI is InChI=1S/C14H17N6O3/c15-9-11-2-1-3-12(8-11)19-13(10-21)20(17-16-19)14(22)18-4-6-23-7-5-18/h1-3,8,10H,4-7,9,15H2/q+1. The molecular weight excluding hydrogens is 300 g/mol. The van der Waals surface area contributed by atoms with Gasteiger partial charge in [0.2, 0.25) is 6.29 Å². The molecule has 9 heteroatoms. The van der Waals surface area contributed by atoms with Crippen LogP contribution in [0.5, 0.6) is 0 Å². The van der Waals surface area contributed by atoms with Gasteiger partial charge in [0.05, 0.1) is 13.2 Å². The molecule has 0 atom stereocenters. The summed E-state index contributed by atoms with van der Waals surface area (Å²) in [5, 5.41) is 7.76. The Hall–Kier alpha value is -2.65. The molecule has 0 saturated carbocycles. The van der Waals surface area contributed by atoms with E-state index in [4.69, 9.17) is 10.5 Å². The van der Waals surface area contributed by atoms with Gasteiger partial charge in [-0.1, -0.05) is 16.8 Å². The summed E-state index contributed by atoms with van der Waals surface area (Å²) >= 11 is 0. The number of hydrogen-bond donors (Lipinski definition) is 1. The van der Waals surface area contributed by atoms with E-state index in [9.17, 15) is 9.59 Å². The van der Waals surface area contributed by atoms with E-state index in [-0.39, 0.29) is 5.82 Å². The van der Waals surface area contributed by atoms with Crippen molar-refractivity contribution < 1.29 is 19.0 Å². The van der Waals surface area contributed by atoms with Crippen molar-refractivity contribution in [2.24, 2.45) is 5.73 Å². The van der Waals surface area contributed by atoms with Crippen molar-refractivity contribution in [3.05, 3.63) is 35.7 Å². The van der Waals surface area contributed by atoms with Gasteiger partial charge in [-0.05, 0) is 17.7 Å². The van der Waals surface area contributed by atoms with Gasteiger partial charge in [0.25, 0.3) is 0 Å². The minimum atomic E-state index is -0.392. The van der Waals surface area contributed by atoms with Crippen LogP contribution in [0.3, 0.4) is 0 Å². The van der Waals surface area contributed by atoms with Crippen LogP contribution >= 0.6 is 0 Å². The first kappa shape index (κ1) is 15.3. The number of tetrazole rings is 1. The monoisotopic (exact) mass is 317 g/mol. The van der Waals surface area contributed by atoms with Gasteiger partial charge >= 0.3 is 11.9 Å². The maximum atomic E-state index is 12.5. The van der Waals surface area contributed by atoms with E-state index in [2.05, 4.69) is 10.4 Å². The molecule has 1 aliphatic rings. The average Bonchev–Trinajstić information content (AvgIpc) is 3.05. The summed E-state index contributed by atoms with van der Waals surface area (Å²) < 4.78 is 7.55. The number of benzene rings is 1. The van der Waals surface area contributed by atoms with E-state index < -0.39 is 6.03 Å². The lowest BCUT2D eigenvalue weighted by Gasteiger charge is -2.23. The second-order valence-corrected chi connectivity index (χ2v) is 5.03. The Labute approximate surface area is 132 Å². The highest BCUT2D eigenvalue weighted by Crippen LogP contribution is 2.06. The van der Waals surface area contributed by atoms with Crippen LogP contribution < -0.4 is 10.4 Å². The van der Waals surface area contributed by atoms with Crippen LogP contribution in [-0.4, -0.2) is 58.6 Å². The molecule has 0 unspecified atom stereocenters. The average molecular weight is 317 g/mol. The van der Waals surface area contributed by atoms with Crippen molar-refractivity contribution in [3.63, 3.8) is 0 Å². The van der Waals surface area contributed by atoms with Crippen molar-refractivity contribution >= 4 is 12.3 Å². The highest BCUT2D eigenvalue weighted by molar-refractivity contribution is 5.81. The zero-order valence-corrected chi connectivity index (χ0v) is 12.5. The molecule has 2 heterocycles. The van der Waals surface area contributed by atoms with Crippen LogP contribution in [-0.2, 0) is 11.3 Å². The lowest BCUT2D eigenvalue weighted by Crippen LogP contribution is -2.45. The van der Waals surface area contributed by atoms with E-state index >= 15 is 0 Å². The molecule has 0 aliphatic carbocycles. The third-order valence-corrected chi connectivity index (χ3v) is 3.61. The molecule has 3 rings (SSSR count). The second-order valence-electron chi connectivity index (χ2n) is 5.03. The number of nitrogens with zero attached hydrogens (tertiary/aromatic N) is 5. The van der Waals surface area contributed by atoms with Crippen molar-refractivity contribution in [3.8, 4) is 5.69 Å². The van der Waals surface area contributed by atoms with Crippen molar-refractivity contribution in [2.75, 3.05) is 26.3 Å². The van der Waals surface area contributed by atoms with Gasteiger partial charge in [0.1, 0.15) is 10.9 Å². The first-order chi connectivity index (χ1) is 11.2. The number of ether oxygens (including phenoxy) is 1. The predicted molar refractivity (Wildman–Crippen MR) is 78.0 cm³/mol. The molecule has 2 N–H and O–H groups in total. The maximum Gasteiger partial charge on any atom is 0.421 e. The minimum absolute atomic E-state index is 0.0515. The Morgan fingerprint density at radius 1 is 1.39 bits per heavy atom. The van der Waals surface area contributed by atoms with E-state index in [1.165, 1.54) is 4.68 Å². The summed E-state index contributed by atoms with van der Waals surface area (Å²) in [6.07, 6.45) is 0.563. The van der Waals surface area contributed by atoms with E-state index in [1.54, 1.807) is 17.0 Å². The van der Waals surface area contributed by atoms with Crippen LogP contribution in [0.25, 0.3) is 5.69 Å². The number of aldehydes is 1. The highest BCUT2D eigenvalue weighted by atomic mass is 16.5. The van der Waals surface area contributed by atoms with Gasteiger partial charge in [-0.2, -0.15) is 0 Å². The molecule has 0 bridgehead atoms. The van der Waals surface area contributed by atoms with Crippen LogP contribution in [0, 0.1) is 0 Å². The molecule has 1 aliphatic heterocycles. The predicted octanol–water partition coefficient (Wildman–Crippen LogP) is -0.874. The van der Waals surface area contributed by atoms with E-state index in [1.807, 2.05) is 12.1 Å². The number of carbonyl (C=O) groups excluding carboxylic acids is 2. The Bertz CT molecular complexity index is 723. The largest absolute Gasteiger partial charge is 0.421 e. The Morgan fingerprint density at radius 2 is 2.17 bits per heavy atom. The quantitative estimate of drug-likeness (QED) is 0.448. The lowest BCUT2D eigenvalue weighted by atomic mass is 10.2. The first-order valence-corrected chi connectivity index (χ1v) is 7.24. The van der Waals surface area contributed by atoms with Gasteiger partial charge in [-0.25, -0.2) is 4.79 Å².